The third-order valence-corrected chi connectivity index (χ3v) is 3.71. The van der Waals surface area contributed by atoms with E-state index < -0.39 is 0 Å². The Bertz CT molecular complexity index is 945. The molecule has 4 nitrogen and oxygen atoms in total. The van der Waals surface area contributed by atoms with Gasteiger partial charge in [-0.1, -0.05) is 41.6 Å². The zero-order chi connectivity index (χ0) is 14.9. The van der Waals surface area contributed by atoms with Gasteiger partial charge in [-0.25, -0.2) is 0 Å². The monoisotopic (exact) mass is 287 g/mol. The number of nitrogens with zero attached hydrogens (tertiary/aromatic N) is 2. The number of pyridine rings is 1. The smallest absolute Gasteiger partial charge is 0.230 e. The van der Waals surface area contributed by atoms with Crippen LogP contribution in [0.15, 0.2) is 71.5 Å². The van der Waals surface area contributed by atoms with Crippen LogP contribution < -0.4 is 5.73 Å². The molecule has 2 aromatic heterocycles. The molecule has 0 saturated heterocycles. The van der Waals surface area contributed by atoms with Gasteiger partial charge in [0.15, 0.2) is 0 Å². The number of hydrogen-bond acceptors (Lipinski definition) is 4. The van der Waals surface area contributed by atoms with Gasteiger partial charge in [0.05, 0.1) is 5.56 Å². The molecule has 0 amide bonds. The van der Waals surface area contributed by atoms with E-state index in [2.05, 4.69) is 34.4 Å². The van der Waals surface area contributed by atoms with Crippen LogP contribution in [-0.2, 0) is 0 Å². The molecule has 2 heterocycles. The molecule has 0 unspecified atom stereocenters. The van der Waals surface area contributed by atoms with Crippen LogP contribution in [0.3, 0.4) is 0 Å². The molecule has 0 aliphatic rings. The standard InChI is InChI=1S/C18H13N3O/c19-18-16(13-7-9-20-10-8-13)17(21-22-18)15-6-5-12-3-1-2-4-14(12)11-15/h1-11H,19H2. The minimum absolute atomic E-state index is 0.314. The van der Waals surface area contributed by atoms with Crippen molar-refractivity contribution >= 4 is 16.7 Å². The Balaban J connectivity index is 1.92. The molecule has 22 heavy (non-hydrogen) atoms. The van der Waals surface area contributed by atoms with Crippen molar-refractivity contribution in [2.45, 2.75) is 0 Å². The second kappa shape index (κ2) is 5.00. The van der Waals surface area contributed by atoms with E-state index in [1.54, 1.807) is 12.4 Å². The van der Waals surface area contributed by atoms with Gasteiger partial charge in [0.25, 0.3) is 0 Å². The molecular formula is C18H13N3O. The highest BCUT2D eigenvalue weighted by Gasteiger charge is 2.17. The Hall–Kier alpha value is -3.14. The summed E-state index contributed by atoms with van der Waals surface area (Å²) in [6, 6.07) is 18.2. The summed E-state index contributed by atoms with van der Waals surface area (Å²) >= 11 is 0. The maximum absolute atomic E-state index is 5.97. The fourth-order valence-corrected chi connectivity index (χ4v) is 2.63. The van der Waals surface area contributed by atoms with Gasteiger partial charge >= 0.3 is 0 Å². The van der Waals surface area contributed by atoms with Gasteiger partial charge < -0.3 is 10.3 Å². The van der Waals surface area contributed by atoms with Crippen LogP contribution in [-0.4, -0.2) is 10.1 Å². The SMILES string of the molecule is Nc1onc(-c2ccc3ccccc3c2)c1-c1ccncc1. The Labute approximate surface area is 127 Å². The number of nitrogen functional groups attached to an aromatic ring is 1. The summed E-state index contributed by atoms with van der Waals surface area (Å²) < 4.78 is 5.22. The maximum Gasteiger partial charge on any atom is 0.230 e. The van der Waals surface area contributed by atoms with E-state index in [1.165, 1.54) is 5.39 Å². The molecule has 4 rings (SSSR count). The van der Waals surface area contributed by atoms with Crippen LogP contribution in [0.4, 0.5) is 5.88 Å². The predicted molar refractivity (Wildman–Crippen MR) is 87.1 cm³/mol. The first-order valence-corrected chi connectivity index (χ1v) is 6.97. The second-order valence-electron chi connectivity index (χ2n) is 5.07. The molecule has 0 aliphatic heterocycles. The highest BCUT2D eigenvalue weighted by Crippen LogP contribution is 2.36. The molecular weight excluding hydrogens is 274 g/mol. The van der Waals surface area contributed by atoms with Gasteiger partial charge in [0, 0.05) is 18.0 Å². The average molecular weight is 287 g/mol. The quantitative estimate of drug-likeness (QED) is 0.601. The summed E-state index contributed by atoms with van der Waals surface area (Å²) in [6.45, 7) is 0. The molecule has 0 radical (unpaired) electrons. The number of benzene rings is 2. The second-order valence-corrected chi connectivity index (χ2v) is 5.07. The molecule has 0 bridgehead atoms. The summed E-state index contributed by atoms with van der Waals surface area (Å²) in [6.07, 6.45) is 3.46. The van der Waals surface area contributed by atoms with E-state index in [9.17, 15) is 0 Å². The lowest BCUT2D eigenvalue weighted by Crippen LogP contribution is -1.88. The lowest BCUT2D eigenvalue weighted by atomic mass is 9.99. The Kier molecular flexibility index (Phi) is 2.86. The molecule has 0 spiro atoms. The fourth-order valence-electron chi connectivity index (χ4n) is 2.63. The van der Waals surface area contributed by atoms with Gasteiger partial charge in [-0.05, 0) is 34.5 Å². The number of hydrogen-bond donors (Lipinski definition) is 1. The van der Waals surface area contributed by atoms with Crippen LogP contribution in [0.1, 0.15) is 0 Å². The van der Waals surface area contributed by atoms with Crippen molar-refractivity contribution in [2.24, 2.45) is 0 Å². The van der Waals surface area contributed by atoms with Crippen molar-refractivity contribution in [1.82, 2.24) is 10.1 Å². The van der Waals surface area contributed by atoms with Crippen molar-refractivity contribution in [3.63, 3.8) is 0 Å². The molecule has 0 saturated carbocycles. The number of anilines is 1. The predicted octanol–water partition coefficient (Wildman–Crippen LogP) is 4.14. The Morgan fingerprint density at radius 1 is 0.818 bits per heavy atom. The minimum atomic E-state index is 0.314. The van der Waals surface area contributed by atoms with Crippen molar-refractivity contribution in [3.05, 3.63) is 67.0 Å². The highest BCUT2D eigenvalue weighted by atomic mass is 16.5. The minimum Gasteiger partial charge on any atom is -0.367 e. The van der Waals surface area contributed by atoms with E-state index in [-0.39, 0.29) is 0 Å². The molecule has 106 valence electrons. The van der Waals surface area contributed by atoms with Crippen LogP contribution in [0, 0.1) is 0 Å². The molecule has 4 aromatic rings. The maximum atomic E-state index is 5.97. The Morgan fingerprint density at radius 3 is 2.41 bits per heavy atom. The van der Waals surface area contributed by atoms with Gasteiger partial charge in [0.1, 0.15) is 5.69 Å². The van der Waals surface area contributed by atoms with E-state index in [4.69, 9.17) is 10.3 Å². The van der Waals surface area contributed by atoms with E-state index >= 15 is 0 Å². The van der Waals surface area contributed by atoms with Crippen molar-refractivity contribution in [1.29, 1.82) is 0 Å². The summed E-state index contributed by atoms with van der Waals surface area (Å²) in [5.41, 5.74) is 9.44. The fraction of sp³-hybridized carbons (Fsp3) is 0. The normalized spacial score (nSPS) is 10.9. The molecule has 0 atom stereocenters. The number of rotatable bonds is 2. The van der Waals surface area contributed by atoms with Crippen LogP contribution in [0.2, 0.25) is 0 Å². The first-order chi connectivity index (χ1) is 10.8. The van der Waals surface area contributed by atoms with Crippen LogP contribution in [0.25, 0.3) is 33.2 Å². The highest BCUT2D eigenvalue weighted by molar-refractivity contribution is 5.92. The largest absolute Gasteiger partial charge is 0.367 e. The zero-order valence-electron chi connectivity index (χ0n) is 11.7. The van der Waals surface area contributed by atoms with Crippen LogP contribution in [0.5, 0.6) is 0 Å². The topological polar surface area (TPSA) is 64.9 Å². The molecule has 0 fully saturated rings. The van der Waals surface area contributed by atoms with Gasteiger partial charge in [-0.2, -0.15) is 0 Å². The number of fused-ring (bicyclic) bond motifs is 1. The molecule has 4 heteroatoms. The molecule has 0 aliphatic carbocycles. The van der Waals surface area contributed by atoms with Crippen molar-refractivity contribution in [2.75, 3.05) is 5.73 Å². The summed E-state index contributed by atoms with van der Waals surface area (Å²) in [4.78, 5) is 4.04. The summed E-state index contributed by atoms with van der Waals surface area (Å²) in [5.74, 6) is 0.314. The first-order valence-electron chi connectivity index (χ1n) is 6.97. The van der Waals surface area contributed by atoms with Gasteiger partial charge in [-0.3, -0.25) is 4.98 Å². The van der Waals surface area contributed by atoms with Crippen molar-refractivity contribution in [3.8, 4) is 22.4 Å². The first kappa shape index (κ1) is 12.6. The van der Waals surface area contributed by atoms with Crippen molar-refractivity contribution < 1.29 is 4.52 Å². The lowest BCUT2D eigenvalue weighted by Gasteiger charge is -2.04. The van der Waals surface area contributed by atoms with Gasteiger partial charge in [0.2, 0.25) is 5.88 Å². The van der Waals surface area contributed by atoms with Gasteiger partial charge in [-0.15, -0.1) is 0 Å². The average Bonchev–Trinajstić information content (AvgIpc) is 2.97. The summed E-state index contributed by atoms with van der Waals surface area (Å²) in [5, 5.41) is 6.49. The Morgan fingerprint density at radius 2 is 1.59 bits per heavy atom. The zero-order valence-corrected chi connectivity index (χ0v) is 11.7. The lowest BCUT2D eigenvalue weighted by molar-refractivity contribution is 0.439. The van der Waals surface area contributed by atoms with E-state index in [0.29, 0.717) is 5.88 Å². The third-order valence-electron chi connectivity index (χ3n) is 3.71. The molecule has 2 N–H and O–H groups in total. The third kappa shape index (κ3) is 2.02. The van der Waals surface area contributed by atoms with E-state index in [1.807, 2.05) is 30.3 Å². The van der Waals surface area contributed by atoms with E-state index in [0.717, 1.165) is 27.8 Å². The molecule has 2 aromatic carbocycles. The summed E-state index contributed by atoms with van der Waals surface area (Å²) in [7, 11) is 0. The number of nitrogens with two attached hydrogens (primary N) is 1. The van der Waals surface area contributed by atoms with Crippen LogP contribution >= 0.6 is 0 Å². The number of aromatic nitrogens is 2.